The van der Waals surface area contributed by atoms with E-state index in [2.05, 4.69) is 235 Å². The van der Waals surface area contributed by atoms with Crippen molar-refractivity contribution in [1.29, 1.82) is 0 Å². The van der Waals surface area contributed by atoms with Crippen LogP contribution in [0.1, 0.15) is 0 Å². The molecule has 0 atom stereocenters. The van der Waals surface area contributed by atoms with Crippen LogP contribution in [0.2, 0.25) is 0 Å². The van der Waals surface area contributed by atoms with Crippen molar-refractivity contribution in [2.75, 3.05) is 0 Å². The summed E-state index contributed by atoms with van der Waals surface area (Å²) in [7, 11) is 0. The fourth-order valence-corrected chi connectivity index (χ4v) is 8.43. The lowest BCUT2D eigenvalue weighted by molar-refractivity contribution is 1.64. The average Bonchev–Trinajstić information content (AvgIpc) is 3.23. The summed E-state index contributed by atoms with van der Waals surface area (Å²) in [5.41, 5.74) is 10.3. The summed E-state index contributed by atoms with van der Waals surface area (Å²) in [6.45, 7) is 0. The minimum Gasteiger partial charge on any atom is -0.0622 e. The van der Waals surface area contributed by atoms with Gasteiger partial charge in [0.25, 0.3) is 0 Å². The summed E-state index contributed by atoms with van der Waals surface area (Å²) in [6.07, 6.45) is 0. The molecule has 0 saturated heterocycles. The molecule has 0 fully saturated rings. The van der Waals surface area contributed by atoms with Crippen LogP contribution in [0.4, 0.5) is 0 Å². The highest BCUT2D eigenvalue weighted by molar-refractivity contribution is 14.1. The van der Waals surface area contributed by atoms with Crippen LogP contribution in [-0.2, 0) is 0 Å². The lowest BCUT2D eigenvalue weighted by atomic mass is 9.86. The predicted octanol–water partition coefficient (Wildman–Crippen LogP) is 15.3. The first-order chi connectivity index (χ1) is 26.3. The highest BCUT2D eigenvalue weighted by atomic mass is 127. The van der Waals surface area contributed by atoms with E-state index in [-0.39, 0.29) is 0 Å². The molecule has 10 rings (SSSR count). The molecule has 0 bridgehead atoms. The molecule has 10 aromatic carbocycles. The van der Waals surface area contributed by atoms with Gasteiger partial charge in [-0.25, -0.2) is 0 Å². The summed E-state index contributed by atoms with van der Waals surface area (Å²) >= 11 is 2.41. The van der Waals surface area contributed by atoms with E-state index in [0.717, 1.165) is 0 Å². The second kappa shape index (κ2) is 14.5. The van der Waals surface area contributed by atoms with Crippen molar-refractivity contribution < 1.29 is 0 Å². The van der Waals surface area contributed by atoms with Gasteiger partial charge in [-0.3, -0.25) is 0 Å². The lowest BCUT2D eigenvalue weighted by Gasteiger charge is -2.18. The van der Waals surface area contributed by atoms with Gasteiger partial charge in [-0.2, -0.15) is 0 Å². The molecule has 0 N–H and O–H groups in total. The summed E-state index contributed by atoms with van der Waals surface area (Å²) in [5.74, 6) is 0. The first-order valence-corrected chi connectivity index (χ1v) is 19.1. The molecule has 0 heterocycles. The molecule has 0 aliphatic heterocycles. The predicted molar refractivity (Wildman–Crippen MR) is 237 cm³/mol. The molecular weight excluding hydrogens is 751 g/mol. The zero-order chi connectivity index (χ0) is 35.6. The second-order valence-electron chi connectivity index (χ2n) is 13.3. The molecule has 0 aromatic heterocycles. The fourth-order valence-electron chi connectivity index (χ4n) is 7.94. The van der Waals surface area contributed by atoms with Crippen molar-refractivity contribution in [3.8, 4) is 44.5 Å². The summed E-state index contributed by atoms with van der Waals surface area (Å²) in [6, 6.07) is 76.0. The maximum absolute atomic E-state index is 2.41. The molecule has 0 aliphatic rings. The molecule has 10 aromatic rings. The molecule has 0 unspecified atom stereocenters. The molecule has 53 heavy (non-hydrogen) atoms. The van der Waals surface area contributed by atoms with Gasteiger partial charge < -0.3 is 0 Å². The van der Waals surface area contributed by atoms with E-state index in [0.29, 0.717) is 0 Å². The van der Waals surface area contributed by atoms with Gasteiger partial charge in [-0.05, 0) is 122 Å². The zero-order valence-electron chi connectivity index (χ0n) is 29.1. The minimum absolute atomic E-state index is 1.26. The lowest BCUT2D eigenvalue weighted by Crippen LogP contribution is -1.91. The number of hydrogen-bond acceptors (Lipinski definition) is 0. The van der Waals surface area contributed by atoms with Crippen LogP contribution in [-0.4, -0.2) is 0 Å². The largest absolute Gasteiger partial charge is 0.0622 e. The Hall–Kier alpha value is -6.03. The molecule has 0 saturated carbocycles. The average molecular weight is 787 g/mol. The Labute approximate surface area is 324 Å². The molecule has 0 aliphatic carbocycles. The van der Waals surface area contributed by atoms with Crippen LogP contribution >= 0.6 is 22.6 Å². The summed E-state index contributed by atoms with van der Waals surface area (Å²) in [4.78, 5) is 0. The van der Waals surface area contributed by atoms with Crippen molar-refractivity contribution in [3.05, 3.63) is 216 Å². The van der Waals surface area contributed by atoms with E-state index in [9.17, 15) is 0 Å². The van der Waals surface area contributed by atoms with Crippen molar-refractivity contribution in [2.45, 2.75) is 0 Å². The Kier molecular flexibility index (Phi) is 9.01. The van der Waals surface area contributed by atoms with Crippen LogP contribution in [0.25, 0.3) is 87.6 Å². The number of benzene rings is 10. The van der Waals surface area contributed by atoms with Crippen LogP contribution in [0.15, 0.2) is 212 Å². The fraction of sp³-hybridized carbons (Fsp3) is 0. The van der Waals surface area contributed by atoms with E-state index in [1.165, 1.54) is 91.2 Å². The molecule has 1 heteroatoms. The van der Waals surface area contributed by atoms with Gasteiger partial charge >= 0.3 is 0 Å². The molecular formula is C52H35I. The highest BCUT2D eigenvalue weighted by Gasteiger charge is 2.17. The third kappa shape index (κ3) is 6.18. The number of fused-ring (bicyclic) bond motifs is 4. The Balaban J connectivity index is 0.000000141. The highest BCUT2D eigenvalue weighted by Crippen LogP contribution is 2.45. The van der Waals surface area contributed by atoms with E-state index < -0.39 is 0 Å². The maximum Gasteiger partial charge on any atom is 0.0136 e. The van der Waals surface area contributed by atoms with Crippen LogP contribution in [0, 0.1) is 3.57 Å². The second-order valence-corrected chi connectivity index (χ2v) is 14.5. The van der Waals surface area contributed by atoms with Gasteiger partial charge in [-0.1, -0.05) is 200 Å². The van der Waals surface area contributed by atoms with Gasteiger partial charge in [0, 0.05) is 3.57 Å². The van der Waals surface area contributed by atoms with Crippen molar-refractivity contribution in [1.82, 2.24) is 0 Å². The number of hydrogen-bond donors (Lipinski definition) is 0. The van der Waals surface area contributed by atoms with Crippen molar-refractivity contribution in [3.63, 3.8) is 0 Å². The number of rotatable bonds is 4. The summed E-state index contributed by atoms with van der Waals surface area (Å²) < 4.78 is 1.26. The van der Waals surface area contributed by atoms with Gasteiger partial charge in [0.2, 0.25) is 0 Å². The molecule has 0 spiro atoms. The topological polar surface area (TPSA) is 0 Å². The molecule has 0 radical (unpaired) electrons. The monoisotopic (exact) mass is 786 g/mol. The Morgan fingerprint density at radius 3 is 0.717 bits per heavy atom. The smallest absolute Gasteiger partial charge is 0.0136 e. The minimum atomic E-state index is 1.26. The van der Waals surface area contributed by atoms with E-state index in [4.69, 9.17) is 0 Å². The Morgan fingerprint density at radius 1 is 0.208 bits per heavy atom. The third-order valence-electron chi connectivity index (χ3n) is 10.2. The first kappa shape index (κ1) is 32.8. The molecule has 250 valence electrons. The normalized spacial score (nSPS) is 11.1. The van der Waals surface area contributed by atoms with Crippen molar-refractivity contribution >= 4 is 65.7 Å². The van der Waals surface area contributed by atoms with Crippen molar-refractivity contribution in [2.24, 2.45) is 0 Å². The number of halogens is 1. The molecule has 0 nitrogen and oxygen atoms in total. The Bertz CT molecular complexity index is 2710. The first-order valence-electron chi connectivity index (χ1n) is 18.1. The van der Waals surface area contributed by atoms with E-state index in [1.54, 1.807) is 0 Å². The van der Waals surface area contributed by atoms with Crippen LogP contribution < -0.4 is 0 Å². The summed E-state index contributed by atoms with van der Waals surface area (Å²) in [5, 5.41) is 10.4. The zero-order valence-corrected chi connectivity index (χ0v) is 31.2. The van der Waals surface area contributed by atoms with Crippen LogP contribution in [0.5, 0.6) is 0 Å². The third-order valence-corrected chi connectivity index (χ3v) is 10.8. The molecule has 0 amide bonds. The van der Waals surface area contributed by atoms with Gasteiger partial charge in [0.1, 0.15) is 0 Å². The van der Waals surface area contributed by atoms with Gasteiger partial charge in [-0.15, -0.1) is 0 Å². The SMILES string of the molecule is Ic1ccc2c(-c3ccccc3)c3ccccc3c(-c3ccccc3)c2c1.c1ccc(-c2c3ccccc3c(-c3ccccc3)c3ccccc23)cc1. The van der Waals surface area contributed by atoms with E-state index >= 15 is 0 Å². The maximum atomic E-state index is 2.41. The Morgan fingerprint density at radius 2 is 0.434 bits per heavy atom. The van der Waals surface area contributed by atoms with Gasteiger partial charge in [0.15, 0.2) is 0 Å². The van der Waals surface area contributed by atoms with E-state index in [1.807, 2.05) is 0 Å². The van der Waals surface area contributed by atoms with Gasteiger partial charge in [0.05, 0.1) is 0 Å². The standard InChI is InChI=1S/C26H17I.C26H18/c27-20-15-16-23-24(17-20)26(19-11-5-2-6-12-19)22-14-8-7-13-21(22)25(23)18-9-3-1-4-10-18;1-3-11-19(12-4-1)25-21-15-7-9-17-23(21)26(20-13-5-2-6-14-20)24-18-10-8-16-22(24)25/h1-17H;1-18H. The quantitative estimate of drug-likeness (QED) is 0.123. The van der Waals surface area contributed by atoms with Crippen LogP contribution in [0.3, 0.4) is 0 Å².